The molecule has 3 rings (SSSR count). The molecule has 0 aliphatic carbocycles. The van der Waals surface area contributed by atoms with E-state index in [4.69, 9.17) is 5.73 Å². The van der Waals surface area contributed by atoms with Crippen molar-refractivity contribution < 1.29 is 13.5 Å². The highest BCUT2D eigenvalue weighted by Crippen LogP contribution is 2.24. The summed E-state index contributed by atoms with van der Waals surface area (Å²) in [5.74, 6) is 0. The Morgan fingerprint density at radius 3 is 2.21 bits per heavy atom. The molecule has 0 radical (unpaired) electrons. The Morgan fingerprint density at radius 2 is 1.55 bits per heavy atom. The van der Waals surface area contributed by atoms with Gasteiger partial charge in [0.05, 0.1) is 15.9 Å². The molecule has 0 saturated heterocycles. The van der Waals surface area contributed by atoms with Gasteiger partial charge in [0.25, 0.3) is 0 Å². The van der Waals surface area contributed by atoms with Crippen molar-refractivity contribution in [3.8, 4) is 0 Å². The number of hydrogen-bond acceptors (Lipinski definition) is 5. The number of nitrogens with one attached hydrogen (secondary N) is 1. The molecule has 0 saturated carbocycles. The van der Waals surface area contributed by atoms with E-state index >= 15 is 0 Å². The van der Waals surface area contributed by atoms with Crippen LogP contribution in [0.5, 0.6) is 0 Å². The van der Waals surface area contributed by atoms with Gasteiger partial charge in [-0.1, -0.05) is 43.3 Å². The number of sulfone groups is 1. The lowest BCUT2D eigenvalue weighted by molar-refractivity contribution is 0.188. The number of aliphatic hydroxyl groups excluding tert-OH is 1. The number of anilines is 2. The Labute approximate surface area is 172 Å². The van der Waals surface area contributed by atoms with Crippen molar-refractivity contribution >= 4 is 21.2 Å². The van der Waals surface area contributed by atoms with Crippen molar-refractivity contribution in [3.63, 3.8) is 0 Å². The molecule has 0 heterocycles. The van der Waals surface area contributed by atoms with Crippen LogP contribution in [0.2, 0.25) is 0 Å². The molecule has 3 aromatic carbocycles. The summed E-state index contributed by atoms with van der Waals surface area (Å²) >= 11 is 0. The molecule has 1 atom stereocenters. The van der Waals surface area contributed by atoms with Crippen molar-refractivity contribution in [1.82, 2.24) is 0 Å². The van der Waals surface area contributed by atoms with Crippen LogP contribution in [0.4, 0.5) is 11.4 Å². The second kappa shape index (κ2) is 9.11. The van der Waals surface area contributed by atoms with E-state index in [2.05, 4.69) is 24.4 Å². The molecule has 1 unspecified atom stereocenters. The monoisotopic (exact) mass is 410 g/mol. The minimum Gasteiger partial charge on any atom is -0.399 e. The molecule has 5 nitrogen and oxygen atoms in total. The molecule has 6 heteroatoms. The fraction of sp³-hybridized carbons (Fsp3) is 0.217. The molecule has 0 spiro atoms. The van der Waals surface area contributed by atoms with Crippen molar-refractivity contribution in [2.75, 3.05) is 17.6 Å². The summed E-state index contributed by atoms with van der Waals surface area (Å²) in [7, 11) is -3.66. The molecule has 0 fully saturated rings. The predicted molar refractivity (Wildman–Crippen MR) is 117 cm³/mol. The van der Waals surface area contributed by atoms with Gasteiger partial charge in [0.1, 0.15) is 0 Å². The summed E-state index contributed by atoms with van der Waals surface area (Å²) in [6.45, 7) is 2.42. The van der Waals surface area contributed by atoms with E-state index in [0.717, 1.165) is 12.0 Å². The van der Waals surface area contributed by atoms with Crippen LogP contribution in [-0.4, -0.2) is 26.2 Å². The Kier molecular flexibility index (Phi) is 6.56. The van der Waals surface area contributed by atoms with E-state index in [9.17, 15) is 13.5 Å². The summed E-state index contributed by atoms with van der Waals surface area (Å²) in [5.41, 5.74) is 9.08. The van der Waals surface area contributed by atoms with Crippen molar-refractivity contribution in [1.29, 1.82) is 0 Å². The number of aliphatic hydroxyl groups is 1. The minimum absolute atomic E-state index is 0.158. The van der Waals surface area contributed by atoms with Crippen molar-refractivity contribution in [2.45, 2.75) is 35.7 Å². The van der Waals surface area contributed by atoms with Gasteiger partial charge in [-0.25, -0.2) is 8.42 Å². The van der Waals surface area contributed by atoms with Gasteiger partial charge in [-0.15, -0.1) is 0 Å². The molecular weight excluding hydrogens is 384 g/mol. The number of hydrogen-bond donors (Lipinski definition) is 3. The fourth-order valence-electron chi connectivity index (χ4n) is 3.08. The second-order valence-electron chi connectivity index (χ2n) is 7.01. The summed E-state index contributed by atoms with van der Waals surface area (Å²) in [4.78, 5) is 0.336. The van der Waals surface area contributed by atoms with Crippen molar-refractivity contribution in [2.24, 2.45) is 0 Å². The zero-order valence-corrected chi connectivity index (χ0v) is 17.2. The van der Waals surface area contributed by atoms with Crippen molar-refractivity contribution in [3.05, 3.63) is 83.9 Å². The largest absolute Gasteiger partial charge is 0.399 e. The van der Waals surface area contributed by atoms with Crippen LogP contribution >= 0.6 is 0 Å². The molecular formula is C23H26N2O3S. The summed E-state index contributed by atoms with van der Waals surface area (Å²) in [6.07, 6.45) is 0.925. The number of aryl methyl sites for hydroxylation is 1. The maximum absolute atomic E-state index is 12.8. The Bertz CT molecular complexity index is 1060. The molecule has 152 valence electrons. The van der Waals surface area contributed by atoms with Gasteiger partial charge in [0.15, 0.2) is 0 Å². The van der Waals surface area contributed by atoms with Gasteiger partial charge in [0.2, 0.25) is 9.84 Å². The van der Waals surface area contributed by atoms with Crippen LogP contribution in [0, 0.1) is 0 Å². The van der Waals surface area contributed by atoms with E-state index < -0.39 is 15.9 Å². The summed E-state index contributed by atoms with van der Waals surface area (Å²) < 4.78 is 25.7. The highest BCUT2D eigenvalue weighted by Gasteiger charge is 2.18. The average molecular weight is 411 g/mol. The second-order valence-corrected chi connectivity index (χ2v) is 8.96. The first kappa shape index (κ1) is 20.9. The first-order chi connectivity index (χ1) is 13.9. The van der Waals surface area contributed by atoms with Gasteiger partial charge in [-0.3, -0.25) is 0 Å². The smallest absolute Gasteiger partial charge is 0.206 e. The first-order valence-electron chi connectivity index (χ1n) is 9.59. The standard InChI is InChI=1S/C23H26N2O3S/c1-2-17-9-11-18(12-10-17)13-21(26)16-25-20-6-4-8-23(15-20)29(27,28)22-7-3-5-19(24)14-22/h3-12,14-15,21,25-26H,2,13,16,24H2,1H3. The van der Waals surface area contributed by atoms with Crippen LogP contribution in [0.1, 0.15) is 18.1 Å². The van der Waals surface area contributed by atoms with Gasteiger partial charge in [0, 0.05) is 24.3 Å². The molecule has 0 aromatic heterocycles. The highest BCUT2D eigenvalue weighted by atomic mass is 32.2. The number of rotatable bonds is 8. The third-order valence-electron chi connectivity index (χ3n) is 4.76. The zero-order chi connectivity index (χ0) is 20.9. The quantitative estimate of drug-likeness (QED) is 0.493. The molecule has 0 bridgehead atoms. The first-order valence-corrected chi connectivity index (χ1v) is 11.1. The van der Waals surface area contributed by atoms with Gasteiger partial charge in [-0.2, -0.15) is 0 Å². The van der Waals surface area contributed by atoms with Crippen LogP contribution in [0.25, 0.3) is 0 Å². The molecule has 4 N–H and O–H groups in total. The number of nitrogen functional groups attached to an aromatic ring is 1. The molecule has 0 amide bonds. The van der Waals surface area contributed by atoms with Crippen LogP contribution in [0.15, 0.2) is 82.6 Å². The number of nitrogens with two attached hydrogens (primary N) is 1. The molecule has 3 aromatic rings. The normalized spacial score (nSPS) is 12.5. The van der Waals surface area contributed by atoms with Crippen LogP contribution < -0.4 is 11.1 Å². The topological polar surface area (TPSA) is 92.4 Å². The van der Waals surface area contributed by atoms with E-state index in [1.54, 1.807) is 36.4 Å². The maximum Gasteiger partial charge on any atom is 0.206 e. The third-order valence-corrected chi connectivity index (χ3v) is 6.51. The lowest BCUT2D eigenvalue weighted by atomic mass is 10.0. The third kappa shape index (κ3) is 5.37. The predicted octanol–water partition coefficient (Wildman–Crippen LogP) is 3.68. The molecule has 0 aliphatic rings. The average Bonchev–Trinajstić information content (AvgIpc) is 2.73. The number of benzene rings is 3. The molecule has 29 heavy (non-hydrogen) atoms. The van der Waals surface area contributed by atoms with E-state index in [1.807, 2.05) is 12.1 Å². The van der Waals surface area contributed by atoms with Crippen LogP contribution in [-0.2, 0) is 22.7 Å². The fourth-order valence-corrected chi connectivity index (χ4v) is 4.44. The lowest BCUT2D eigenvalue weighted by Crippen LogP contribution is -2.22. The lowest BCUT2D eigenvalue weighted by Gasteiger charge is -2.14. The van der Waals surface area contributed by atoms with Crippen LogP contribution in [0.3, 0.4) is 0 Å². The SMILES string of the molecule is CCc1ccc(CC(O)CNc2cccc(S(=O)(=O)c3cccc(N)c3)c2)cc1. The Morgan fingerprint density at radius 1 is 0.931 bits per heavy atom. The maximum atomic E-state index is 12.8. The van der Waals surface area contributed by atoms with E-state index in [0.29, 0.717) is 24.3 Å². The minimum atomic E-state index is -3.66. The summed E-state index contributed by atoms with van der Waals surface area (Å²) in [5, 5.41) is 13.5. The van der Waals surface area contributed by atoms with E-state index in [-0.39, 0.29) is 9.79 Å². The van der Waals surface area contributed by atoms with Gasteiger partial charge in [-0.05, 0) is 53.9 Å². The van der Waals surface area contributed by atoms with E-state index in [1.165, 1.54) is 17.7 Å². The Balaban J connectivity index is 1.66. The molecule has 0 aliphatic heterocycles. The highest BCUT2D eigenvalue weighted by molar-refractivity contribution is 7.91. The summed E-state index contributed by atoms with van der Waals surface area (Å²) in [6, 6.07) is 21.0. The Hall–Kier alpha value is -2.83. The van der Waals surface area contributed by atoms with Gasteiger partial charge >= 0.3 is 0 Å². The zero-order valence-electron chi connectivity index (χ0n) is 16.4. The van der Waals surface area contributed by atoms with Gasteiger partial charge < -0.3 is 16.2 Å².